The molecular formula is C21H26N4O. The molecule has 2 heterocycles. The van der Waals surface area contributed by atoms with E-state index in [-0.39, 0.29) is 11.4 Å². The van der Waals surface area contributed by atoms with Gasteiger partial charge in [0.05, 0.1) is 0 Å². The Morgan fingerprint density at radius 3 is 2.62 bits per heavy atom. The van der Waals surface area contributed by atoms with Crippen LogP contribution in [0, 0.1) is 0 Å². The second kappa shape index (κ2) is 7.60. The van der Waals surface area contributed by atoms with Gasteiger partial charge in [0.1, 0.15) is 5.65 Å². The van der Waals surface area contributed by atoms with Crippen LogP contribution in [0.15, 0.2) is 54.9 Å². The first-order chi connectivity index (χ1) is 12.4. The van der Waals surface area contributed by atoms with Crippen molar-refractivity contribution in [2.75, 3.05) is 11.9 Å². The number of anilines is 1. The van der Waals surface area contributed by atoms with E-state index >= 15 is 0 Å². The van der Waals surface area contributed by atoms with Gasteiger partial charge in [-0.15, -0.1) is 0 Å². The molecule has 5 nitrogen and oxygen atoms in total. The average molecular weight is 350 g/mol. The van der Waals surface area contributed by atoms with Gasteiger partial charge < -0.3 is 15.2 Å². The van der Waals surface area contributed by atoms with E-state index in [1.807, 2.05) is 24.4 Å². The van der Waals surface area contributed by atoms with Crippen molar-refractivity contribution in [3.05, 3.63) is 60.4 Å². The molecule has 0 fully saturated rings. The van der Waals surface area contributed by atoms with Gasteiger partial charge in [0.2, 0.25) is 0 Å². The normalized spacial score (nSPS) is 11.5. The third kappa shape index (κ3) is 4.42. The van der Waals surface area contributed by atoms with E-state index in [1.165, 1.54) is 5.56 Å². The summed E-state index contributed by atoms with van der Waals surface area (Å²) in [6.07, 6.45) is 4.68. The number of hydrogen-bond acceptors (Lipinski definition) is 2. The third-order valence-corrected chi connectivity index (χ3v) is 4.39. The Bertz CT molecular complexity index is 875. The van der Waals surface area contributed by atoms with Crippen LogP contribution >= 0.6 is 0 Å². The molecule has 2 aromatic heterocycles. The van der Waals surface area contributed by atoms with E-state index in [4.69, 9.17) is 0 Å². The highest BCUT2D eigenvalue weighted by Crippen LogP contribution is 2.23. The Morgan fingerprint density at radius 1 is 1.12 bits per heavy atom. The lowest BCUT2D eigenvalue weighted by molar-refractivity contribution is 0.252. The van der Waals surface area contributed by atoms with Crippen LogP contribution < -0.4 is 10.6 Å². The summed E-state index contributed by atoms with van der Waals surface area (Å²) in [4.78, 5) is 16.4. The number of amides is 2. The van der Waals surface area contributed by atoms with Gasteiger partial charge in [-0.1, -0.05) is 32.9 Å². The Morgan fingerprint density at radius 2 is 1.88 bits per heavy atom. The molecule has 0 spiro atoms. The zero-order valence-corrected chi connectivity index (χ0v) is 15.6. The van der Waals surface area contributed by atoms with Crippen LogP contribution in [0.1, 0.15) is 32.8 Å². The number of aryl methyl sites for hydroxylation is 1. The van der Waals surface area contributed by atoms with Crippen molar-refractivity contribution in [1.29, 1.82) is 0 Å². The molecule has 26 heavy (non-hydrogen) atoms. The summed E-state index contributed by atoms with van der Waals surface area (Å²) in [6, 6.07) is 13.9. The largest absolute Gasteiger partial charge is 0.338 e. The highest BCUT2D eigenvalue weighted by atomic mass is 16.2. The molecule has 0 saturated carbocycles. The van der Waals surface area contributed by atoms with E-state index in [9.17, 15) is 4.79 Å². The maximum absolute atomic E-state index is 12.0. The van der Waals surface area contributed by atoms with Gasteiger partial charge in [0, 0.05) is 36.6 Å². The Hall–Kier alpha value is -2.82. The number of pyridine rings is 1. The van der Waals surface area contributed by atoms with Gasteiger partial charge in [-0.3, -0.25) is 0 Å². The first-order valence-corrected chi connectivity index (χ1v) is 8.99. The third-order valence-electron chi connectivity index (χ3n) is 4.39. The number of carbonyl (C=O) groups is 1. The predicted molar refractivity (Wildman–Crippen MR) is 107 cm³/mol. The fourth-order valence-electron chi connectivity index (χ4n) is 2.88. The van der Waals surface area contributed by atoms with Crippen molar-refractivity contribution < 1.29 is 4.79 Å². The quantitative estimate of drug-likeness (QED) is 0.663. The average Bonchev–Trinajstić information content (AvgIpc) is 3.02. The molecule has 0 atom stereocenters. The summed E-state index contributed by atoms with van der Waals surface area (Å²) in [5, 5.41) is 6.91. The number of nitrogens with one attached hydrogen (secondary N) is 2. The molecule has 0 aliphatic carbocycles. The highest BCUT2D eigenvalue weighted by Gasteiger charge is 2.13. The maximum Gasteiger partial charge on any atom is 0.319 e. The van der Waals surface area contributed by atoms with Crippen LogP contribution in [0.2, 0.25) is 0 Å². The predicted octanol–water partition coefficient (Wildman–Crippen LogP) is 4.55. The van der Waals surface area contributed by atoms with Gasteiger partial charge in [0.25, 0.3) is 0 Å². The molecule has 3 rings (SSSR count). The van der Waals surface area contributed by atoms with Crippen molar-refractivity contribution in [3.8, 4) is 0 Å². The summed E-state index contributed by atoms with van der Waals surface area (Å²) < 4.78 is 2.11. The zero-order valence-electron chi connectivity index (χ0n) is 15.6. The molecule has 1 aromatic carbocycles. The van der Waals surface area contributed by atoms with E-state index in [2.05, 4.69) is 65.2 Å². The second-order valence-electron chi connectivity index (χ2n) is 7.49. The Kier molecular flexibility index (Phi) is 5.26. The van der Waals surface area contributed by atoms with Gasteiger partial charge in [-0.2, -0.15) is 0 Å². The first kappa shape index (κ1) is 18.0. The van der Waals surface area contributed by atoms with Crippen molar-refractivity contribution in [1.82, 2.24) is 14.9 Å². The molecule has 0 aliphatic heterocycles. The van der Waals surface area contributed by atoms with Crippen molar-refractivity contribution in [3.63, 3.8) is 0 Å². The number of aromatic nitrogens is 2. The number of benzene rings is 1. The molecule has 136 valence electrons. The summed E-state index contributed by atoms with van der Waals surface area (Å²) in [5.74, 6) is 0. The zero-order chi connectivity index (χ0) is 18.6. The Balaban J connectivity index is 1.44. The number of fused-ring (bicyclic) bond motifs is 1. The summed E-state index contributed by atoms with van der Waals surface area (Å²) in [5.41, 5.74) is 3.14. The van der Waals surface area contributed by atoms with E-state index in [0.717, 1.165) is 29.7 Å². The lowest BCUT2D eigenvalue weighted by Crippen LogP contribution is -2.30. The van der Waals surface area contributed by atoms with E-state index < -0.39 is 0 Å². The summed E-state index contributed by atoms with van der Waals surface area (Å²) in [7, 11) is 0. The van der Waals surface area contributed by atoms with Crippen LogP contribution in [0.25, 0.3) is 11.0 Å². The summed E-state index contributed by atoms with van der Waals surface area (Å²) in [6.45, 7) is 7.95. The second-order valence-corrected chi connectivity index (χ2v) is 7.49. The molecule has 0 bridgehead atoms. The SMILES string of the molecule is CC(C)(C)c1ccc(NC(=O)NCCCn2ccc3cccnc32)cc1. The van der Waals surface area contributed by atoms with Crippen LogP contribution in [0.5, 0.6) is 0 Å². The fraction of sp³-hybridized carbons (Fsp3) is 0.333. The van der Waals surface area contributed by atoms with E-state index in [1.54, 1.807) is 6.20 Å². The highest BCUT2D eigenvalue weighted by molar-refractivity contribution is 5.89. The van der Waals surface area contributed by atoms with Crippen molar-refractivity contribution >= 4 is 22.8 Å². The van der Waals surface area contributed by atoms with Crippen molar-refractivity contribution in [2.45, 2.75) is 39.2 Å². The first-order valence-electron chi connectivity index (χ1n) is 8.99. The molecule has 0 radical (unpaired) electrons. The lowest BCUT2D eigenvalue weighted by Gasteiger charge is -2.19. The lowest BCUT2D eigenvalue weighted by atomic mass is 9.87. The minimum atomic E-state index is -0.177. The maximum atomic E-state index is 12.0. The smallest absolute Gasteiger partial charge is 0.319 e. The fourth-order valence-corrected chi connectivity index (χ4v) is 2.88. The minimum Gasteiger partial charge on any atom is -0.338 e. The summed E-state index contributed by atoms with van der Waals surface area (Å²) >= 11 is 0. The molecule has 0 saturated heterocycles. The van der Waals surface area contributed by atoms with Gasteiger partial charge >= 0.3 is 6.03 Å². The van der Waals surface area contributed by atoms with E-state index in [0.29, 0.717) is 6.54 Å². The van der Waals surface area contributed by atoms with Gasteiger partial charge in [-0.05, 0) is 47.7 Å². The number of nitrogens with zero attached hydrogens (tertiary/aromatic N) is 2. The number of hydrogen-bond donors (Lipinski definition) is 2. The molecular weight excluding hydrogens is 324 g/mol. The minimum absolute atomic E-state index is 0.109. The number of urea groups is 1. The number of carbonyl (C=O) groups excluding carboxylic acids is 1. The standard InChI is InChI=1S/C21H26N4O/c1-21(2,3)17-7-9-18(10-8-17)24-20(26)23-13-5-14-25-15-11-16-6-4-12-22-19(16)25/h4,6-12,15H,5,13-14H2,1-3H3,(H2,23,24,26). The molecule has 3 aromatic rings. The van der Waals surface area contributed by atoms with Crippen molar-refractivity contribution in [2.24, 2.45) is 0 Å². The van der Waals surface area contributed by atoms with Crippen LogP contribution in [-0.2, 0) is 12.0 Å². The molecule has 0 aliphatic rings. The molecule has 0 unspecified atom stereocenters. The van der Waals surface area contributed by atoms with Crippen LogP contribution in [0.3, 0.4) is 0 Å². The monoisotopic (exact) mass is 350 g/mol. The molecule has 2 amide bonds. The Labute approximate surface area is 154 Å². The molecule has 2 N–H and O–H groups in total. The topological polar surface area (TPSA) is 59.0 Å². The van der Waals surface area contributed by atoms with Crippen LogP contribution in [0.4, 0.5) is 10.5 Å². The molecule has 5 heteroatoms. The van der Waals surface area contributed by atoms with Crippen LogP contribution in [-0.4, -0.2) is 22.1 Å². The number of rotatable bonds is 5. The van der Waals surface area contributed by atoms with Gasteiger partial charge in [-0.25, -0.2) is 9.78 Å². The van der Waals surface area contributed by atoms with Gasteiger partial charge in [0.15, 0.2) is 0 Å².